The molecule has 3 saturated heterocycles. The molecular weight excluding hydrogens is 324 g/mol. The molecule has 3 amide bonds. The number of likely N-dealkylation sites (tertiary alicyclic amines) is 2. The van der Waals surface area contributed by atoms with Gasteiger partial charge in [0.25, 0.3) is 0 Å². The van der Waals surface area contributed by atoms with E-state index in [1.54, 1.807) is 4.90 Å². The van der Waals surface area contributed by atoms with E-state index >= 15 is 0 Å². The zero-order chi connectivity index (χ0) is 17.0. The van der Waals surface area contributed by atoms with Gasteiger partial charge in [-0.15, -0.1) is 0 Å². The van der Waals surface area contributed by atoms with Crippen molar-refractivity contribution in [3.05, 3.63) is 12.2 Å². The summed E-state index contributed by atoms with van der Waals surface area (Å²) in [5, 5.41) is 7.43. The summed E-state index contributed by atoms with van der Waals surface area (Å²) in [6.45, 7) is 2.88. The van der Waals surface area contributed by atoms with Gasteiger partial charge in [-0.2, -0.15) is 5.10 Å². The Morgan fingerprint density at radius 2 is 1.96 bits per heavy atom. The third-order valence-corrected chi connectivity index (χ3v) is 5.68. The van der Waals surface area contributed by atoms with Crippen molar-refractivity contribution >= 4 is 12.1 Å². The molecule has 0 bridgehead atoms. The molecule has 3 aliphatic heterocycles. The largest absolute Gasteiger partial charge is 0.447 e. The Morgan fingerprint density at radius 3 is 2.60 bits per heavy atom. The molecule has 0 unspecified atom stereocenters. The zero-order valence-corrected chi connectivity index (χ0v) is 14.1. The van der Waals surface area contributed by atoms with E-state index in [0.717, 1.165) is 31.8 Å². The molecule has 4 heterocycles. The molecular formula is C16H22N6O3. The van der Waals surface area contributed by atoms with Crippen molar-refractivity contribution in [1.82, 2.24) is 29.9 Å². The van der Waals surface area contributed by atoms with Crippen LogP contribution in [-0.4, -0.2) is 75.0 Å². The van der Waals surface area contributed by atoms with Gasteiger partial charge in [-0.1, -0.05) is 0 Å². The topological polar surface area (TPSA) is 92.6 Å². The van der Waals surface area contributed by atoms with Crippen molar-refractivity contribution in [3.8, 4) is 0 Å². The lowest BCUT2D eigenvalue weighted by Gasteiger charge is -2.48. The van der Waals surface area contributed by atoms with Crippen LogP contribution in [0.5, 0.6) is 0 Å². The first-order chi connectivity index (χ1) is 12.1. The van der Waals surface area contributed by atoms with Gasteiger partial charge in [0.1, 0.15) is 18.5 Å². The van der Waals surface area contributed by atoms with Crippen LogP contribution < -0.4 is 5.32 Å². The third kappa shape index (κ3) is 2.61. The summed E-state index contributed by atoms with van der Waals surface area (Å²) < 4.78 is 6.94. The number of nitrogens with one attached hydrogen (secondary N) is 1. The normalized spacial score (nSPS) is 25.7. The molecule has 0 atom stereocenters. The molecule has 1 saturated carbocycles. The summed E-state index contributed by atoms with van der Waals surface area (Å²) in [5.41, 5.74) is -0.356. The maximum absolute atomic E-state index is 12.6. The van der Waals surface area contributed by atoms with E-state index in [4.69, 9.17) is 4.74 Å². The minimum Gasteiger partial charge on any atom is -0.447 e. The van der Waals surface area contributed by atoms with Crippen molar-refractivity contribution in [2.75, 3.05) is 32.8 Å². The van der Waals surface area contributed by atoms with Crippen molar-refractivity contribution in [2.45, 2.75) is 43.2 Å². The van der Waals surface area contributed by atoms with Gasteiger partial charge in [-0.05, 0) is 25.7 Å². The SMILES string of the molecule is O=C1NC2(CO1)CN(C(=O)N1CCC(n3cnc(C4CC4)n3)CC1)C2. The Labute approximate surface area is 145 Å². The Bertz CT molecular complexity index is 700. The van der Waals surface area contributed by atoms with Gasteiger partial charge in [-0.25, -0.2) is 19.3 Å². The smallest absolute Gasteiger partial charge is 0.407 e. The van der Waals surface area contributed by atoms with E-state index < -0.39 is 0 Å². The van der Waals surface area contributed by atoms with Crippen molar-refractivity contribution in [3.63, 3.8) is 0 Å². The lowest BCUT2D eigenvalue weighted by Crippen LogP contribution is -2.71. The second-order valence-corrected chi connectivity index (χ2v) is 7.70. The summed E-state index contributed by atoms with van der Waals surface area (Å²) in [5.74, 6) is 1.55. The van der Waals surface area contributed by atoms with E-state index in [1.165, 1.54) is 12.8 Å². The maximum atomic E-state index is 12.6. The van der Waals surface area contributed by atoms with E-state index in [-0.39, 0.29) is 17.7 Å². The van der Waals surface area contributed by atoms with Crippen molar-refractivity contribution < 1.29 is 14.3 Å². The molecule has 1 aromatic heterocycles. The number of ether oxygens (including phenoxy) is 1. The van der Waals surface area contributed by atoms with Crippen LogP contribution in [0.1, 0.15) is 43.5 Å². The molecule has 5 rings (SSSR count). The zero-order valence-electron chi connectivity index (χ0n) is 14.1. The number of cyclic esters (lactones) is 1. The van der Waals surface area contributed by atoms with Crippen LogP contribution in [0.15, 0.2) is 6.33 Å². The minimum atomic E-state index is -0.383. The lowest BCUT2D eigenvalue weighted by molar-refractivity contribution is 0.0473. The second kappa shape index (κ2) is 5.34. The number of nitrogens with zero attached hydrogens (tertiary/aromatic N) is 5. The average Bonchev–Trinajstić information content (AvgIpc) is 3.19. The van der Waals surface area contributed by atoms with Crippen LogP contribution in [0.2, 0.25) is 0 Å². The van der Waals surface area contributed by atoms with Gasteiger partial charge >= 0.3 is 12.1 Å². The van der Waals surface area contributed by atoms with Gasteiger partial charge in [0, 0.05) is 19.0 Å². The predicted molar refractivity (Wildman–Crippen MR) is 86.0 cm³/mol. The van der Waals surface area contributed by atoms with Crippen LogP contribution in [-0.2, 0) is 4.74 Å². The monoisotopic (exact) mass is 346 g/mol. The van der Waals surface area contributed by atoms with Gasteiger partial charge in [0.05, 0.1) is 19.1 Å². The molecule has 0 radical (unpaired) electrons. The fourth-order valence-electron chi connectivity index (χ4n) is 4.00. The molecule has 1 N–H and O–H groups in total. The Kier molecular flexibility index (Phi) is 3.20. The predicted octanol–water partition coefficient (Wildman–Crippen LogP) is 0.707. The van der Waals surface area contributed by atoms with Gasteiger partial charge in [0.2, 0.25) is 0 Å². The lowest BCUT2D eigenvalue weighted by atomic mass is 9.92. The molecule has 9 heteroatoms. The number of carbonyl (C=O) groups is 2. The minimum absolute atomic E-state index is 0.0579. The first-order valence-electron chi connectivity index (χ1n) is 9.02. The number of carbonyl (C=O) groups excluding carboxylic acids is 2. The summed E-state index contributed by atoms with van der Waals surface area (Å²) in [6.07, 6.45) is 5.68. The molecule has 1 spiro atoms. The molecule has 1 aliphatic carbocycles. The van der Waals surface area contributed by atoms with Crippen LogP contribution in [0.25, 0.3) is 0 Å². The Hall–Kier alpha value is -2.32. The fraction of sp³-hybridized carbons (Fsp3) is 0.750. The quantitative estimate of drug-likeness (QED) is 0.851. The van der Waals surface area contributed by atoms with Crippen LogP contribution in [0.4, 0.5) is 9.59 Å². The molecule has 4 aliphatic rings. The second-order valence-electron chi connectivity index (χ2n) is 7.70. The first-order valence-corrected chi connectivity index (χ1v) is 9.02. The number of hydrogen-bond acceptors (Lipinski definition) is 5. The number of hydrogen-bond donors (Lipinski definition) is 1. The third-order valence-electron chi connectivity index (χ3n) is 5.68. The fourth-order valence-corrected chi connectivity index (χ4v) is 4.00. The highest BCUT2D eigenvalue weighted by molar-refractivity contribution is 5.78. The molecule has 25 heavy (non-hydrogen) atoms. The van der Waals surface area contributed by atoms with E-state index in [2.05, 4.69) is 15.4 Å². The molecule has 134 valence electrons. The number of piperidine rings is 1. The molecule has 1 aromatic rings. The summed E-state index contributed by atoms with van der Waals surface area (Å²) in [4.78, 5) is 31.9. The van der Waals surface area contributed by atoms with Crippen LogP contribution in [0, 0.1) is 0 Å². The molecule has 4 fully saturated rings. The van der Waals surface area contributed by atoms with Gasteiger partial charge in [0.15, 0.2) is 5.82 Å². The highest BCUT2D eigenvalue weighted by Gasteiger charge is 2.52. The van der Waals surface area contributed by atoms with Crippen molar-refractivity contribution in [2.24, 2.45) is 0 Å². The highest BCUT2D eigenvalue weighted by Crippen LogP contribution is 2.38. The number of rotatable bonds is 2. The number of amides is 3. The highest BCUT2D eigenvalue weighted by atomic mass is 16.6. The number of alkyl carbamates (subject to hydrolysis) is 1. The van der Waals surface area contributed by atoms with E-state index in [1.807, 2.05) is 15.9 Å². The average molecular weight is 346 g/mol. The number of urea groups is 1. The maximum Gasteiger partial charge on any atom is 0.407 e. The first kappa shape index (κ1) is 15.0. The number of aromatic nitrogens is 3. The summed E-state index contributed by atoms with van der Waals surface area (Å²) >= 11 is 0. The van der Waals surface area contributed by atoms with E-state index in [9.17, 15) is 9.59 Å². The molecule has 0 aromatic carbocycles. The standard InChI is InChI=1S/C16H22N6O3/c23-14-18-16(9-25-14)7-21(8-16)15(24)20-5-3-12(4-6-20)22-10-17-13(19-22)11-1-2-11/h10-12H,1-9H2,(H,18,23). The van der Waals surface area contributed by atoms with Crippen molar-refractivity contribution in [1.29, 1.82) is 0 Å². The van der Waals surface area contributed by atoms with Crippen LogP contribution in [0.3, 0.4) is 0 Å². The van der Waals surface area contributed by atoms with Gasteiger partial charge in [-0.3, -0.25) is 0 Å². The molecule has 9 nitrogen and oxygen atoms in total. The summed E-state index contributed by atoms with van der Waals surface area (Å²) in [6, 6.07) is 0.386. The van der Waals surface area contributed by atoms with Gasteiger partial charge < -0.3 is 19.9 Å². The summed E-state index contributed by atoms with van der Waals surface area (Å²) in [7, 11) is 0. The Balaban J connectivity index is 1.14. The van der Waals surface area contributed by atoms with Crippen LogP contribution >= 0.6 is 0 Å². The Morgan fingerprint density at radius 1 is 1.20 bits per heavy atom. The van der Waals surface area contributed by atoms with E-state index in [0.29, 0.717) is 31.7 Å².